The number of H-pyrrole nitrogens is 1. The molecule has 1 N–H and O–H groups in total. The number of esters is 1. The number of nitriles is 1. The summed E-state index contributed by atoms with van der Waals surface area (Å²) in [6.45, 7) is 5.10. The number of morpholine rings is 1. The molecule has 3 heterocycles. The first-order valence-electron chi connectivity index (χ1n) is 14.3. The van der Waals surface area contributed by atoms with Crippen molar-refractivity contribution in [2.75, 3.05) is 51.9 Å². The zero-order chi connectivity index (χ0) is 33.6. The number of halogens is 3. The van der Waals surface area contributed by atoms with Crippen LogP contribution in [0.2, 0.25) is 0 Å². The number of nitrogens with one attached hydrogen (secondary N) is 1. The quantitative estimate of drug-likeness (QED) is 0.233. The molecule has 3 aromatic rings. The first-order chi connectivity index (χ1) is 21.9. The van der Waals surface area contributed by atoms with Crippen molar-refractivity contribution in [2.24, 2.45) is 0 Å². The van der Waals surface area contributed by atoms with Crippen LogP contribution < -0.4 is 15.7 Å². The van der Waals surface area contributed by atoms with Gasteiger partial charge >= 0.3 is 17.8 Å². The Morgan fingerprint density at radius 3 is 2.59 bits per heavy atom. The highest BCUT2D eigenvalue weighted by Crippen LogP contribution is 2.43. The number of quaternary nitrogens is 1. The Morgan fingerprint density at radius 2 is 1.96 bits per heavy atom. The Balaban J connectivity index is 0.00000154. The predicted octanol–water partition coefficient (Wildman–Crippen LogP) is 2.43. The van der Waals surface area contributed by atoms with Crippen LogP contribution in [-0.2, 0) is 31.7 Å². The molecule has 2 aliphatic rings. The van der Waals surface area contributed by atoms with Crippen molar-refractivity contribution in [1.82, 2.24) is 14.8 Å². The van der Waals surface area contributed by atoms with E-state index < -0.39 is 35.9 Å². The van der Waals surface area contributed by atoms with Crippen molar-refractivity contribution in [1.29, 1.82) is 5.26 Å². The normalized spacial score (nSPS) is 17.3. The fourth-order valence-electron chi connectivity index (χ4n) is 5.90. The number of likely N-dealkylation sites (N-methyl/N-ethyl adjacent to an activating group) is 1. The average Bonchev–Trinajstić information content (AvgIpc) is 3.41. The number of alkyl halides is 3. The van der Waals surface area contributed by atoms with Crippen molar-refractivity contribution in [3.8, 4) is 6.07 Å². The molecule has 0 bridgehead atoms. The molecule has 1 fully saturated rings. The Hall–Kier alpha value is -4.94. The monoisotopic (exact) mass is 642 g/mol. The molecule has 15 heteroatoms. The van der Waals surface area contributed by atoms with E-state index >= 15 is 0 Å². The van der Waals surface area contributed by atoms with Gasteiger partial charge in [0.15, 0.2) is 0 Å². The van der Waals surface area contributed by atoms with Crippen LogP contribution in [0, 0.1) is 11.3 Å². The highest BCUT2D eigenvalue weighted by molar-refractivity contribution is 5.93. The van der Waals surface area contributed by atoms with Crippen LogP contribution in [0.15, 0.2) is 58.5 Å². The molecular weight excluding hydrogens is 609 g/mol. The van der Waals surface area contributed by atoms with Crippen LogP contribution in [0.4, 0.5) is 24.8 Å². The number of nitrogens with zero attached hydrogens (tertiary/aromatic N) is 5. The number of allylic oxidation sites excluding steroid dienone is 1. The molecule has 1 aromatic heterocycles. The van der Waals surface area contributed by atoms with Gasteiger partial charge in [-0.2, -0.15) is 18.4 Å². The van der Waals surface area contributed by atoms with E-state index in [1.807, 2.05) is 0 Å². The van der Waals surface area contributed by atoms with Crippen LogP contribution in [0.5, 0.6) is 0 Å². The lowest BCUT2D eigenvalue weighted by Crippen LogP contribution is -2.52. The number of rotatable bonds is 7. The number of aromatic nitrogens is 3. The number of hydrogen-bond donors (Lipinski definition) is 1. The summed E-state index contributed by atoms with van der Waals surface area (Å²) in [5.41, 5.74) is 0.615. The third-order valence-electron chi connectivity index (χ3n) is 8.24. The lowest BCUT2D eigenvalue weighted by molar-refractivity contribution is -0.917. The standard InChI is InChI=1S/C30H31F3N6O4.CH2O2/c1-19-25(27(40)42-3)26(24-10-9-20(18-34)16-21(24)6-5-11-39(2)12-14-43-15-13-39)38-28(35-36-29(38)41)37(19)23-8-4-7-22(17-23)30(31,32)33;2-1-3/h4,7-10,16-17,26H,5-6,11-15H2,1-3H3;1H,(H,2,3)/t26-;/m1./s1. The molecule has 46 heavy (non-hydrogen) atoms. The van der Waals surface area contributed by atoms with Crippen molar-refractivity contribution in [3.05, 3.63) is 86.5 Å². The summed E-state index contributed by atoms with van der Waals surface area (Å²) in [7, 11) is 3.38. The van der Waals surface area contributed by atoms with Gasteiger partial charge in [0, 0.05) is 24.3 Å². The highest BCUT2D eigenvalue weighted by Gasteiger charge is 2.41. The average molecular weight is 643 g/mol. The van der Waals surface area contributed by atoms with Gasteiger partial charge in [0.05, 0.1) is 56.7 Å². The molecule has 2 aromatic carbocycles. The van der Waals surface area contributed by atoms with Gasteiger partial charge in [-0.1, -0.05) is 12.1 Å². The molecule has 2 aliphatic heterocycles. The minimum Gasteiger partial charge on any atom is -0.554 e. The third kappa shape index (κ3) is 6.98. The molecule has 12 nitrogen and oxygen atoms in total. The number of aromatic amines is 1. The first-order valence-corrected chi connectivity index (χ1v) is 14.3. The van der Waals surface area contributed by atoms with Crippen LogP contribution in [0.1, 0.15) is 41.6 Å². The maximum absolute atomic E-state index is 13.6. The van der Waals surface area contributed by atoms with E-state index in [0.29, 0.717) is 30.8 Å². The van der Waals surface area contributed by atoms with E-state index in [1.165, 1.54) is 28.7 Å². The highest BCUT2D eigenvalue weighted by atomic mass is 19.4. The summed E-state index contributed by atoms with van der Waals surface area (Å²) in [5.74, 6) is -0.735. The third-order valence-corrected chi connectivity index (χ3v) is 8.24. The van der Waals surface area contributed by atoms with E-state index in [-0.39, 0.29) is 22.9 Å². The molecule has 0 aliphatic carbocycles. The summed E-state index contributed by atoms with van der Waals surface area (Å²) >= 11 is 0. The lowest BCUT2D eigenvalue weighted by atomic mass is 9.88. The van der Waals surface area contributed by atoms with Crippen molar-refractivity contribution in [2.45, 2.75) is 32.0 Å². The molecule has 0 saturated carbocycles. The molecule has 1 saturated heterocycles. The lowest BCUT2D eigenvalue weighted by Gasteiger charge is -2.38. The summed E-state index contributed by atoms with van der Waals surface area (Å²) in [4.78, 5) is 36.3. The summed E-state index contributed by atoms with van der Waals surface area (Å²) in [6.07, 6.45) is -3.28. The van der Waals surface area contributed by atoms with Crippen molar-refractivity contribution in [3.63, 3.8) is 0 Å². The Labute approximate surface area is 262 Å². The Morgan fingerprint density at radius 1 is 1.26 bits per heavy atom. The second kappa shape index (κ2) is 14.0. The summed E-state index contributed by atoms with van der Waals surface area (Å²) in [6, 6.07) is 10.8. The van der Waals surface area contributed by atoms with Gasteiger partial charge in [-0.15, -0.1) is 5.10 Å². The van der Waals surface area contributed by atoms with Gasteiger partial charge in [-0.25, -0.2) is 19.3 Å². The molecule has 0 unspecified atom stereocenters. The van der Waals surface area contributed by atoms with Crippen molar-refractivity contribution >= 4 is 24.1 Å². The van der Waals surface area contributed by atoms with E-state index in [9.17, 15) is 28.0 Å². The predicted molar refractivity (Wildman–Crippen MR) is 156 cm³/mol. The van der Waals surface area contributed by atoms with E-state index in [4.69, 9.17) is 19.4 Å². The largest absolute Gasteiger partial charge is 0.554 e. The number of hydrogen-bond acceptors (Lipinski definition) is 9. The van der Waals surface area contributed by atoms with Crippen LogP contribution in [-0.4, -0.2) is 78.7 Å². The summed E-state index contributed by atoms with van der Waals surface area (Å²) < 4.78 is 53.6. The fraction of sp³-hybridized carbons (Fsp3) is 0.387. The van der Waals surface area contributed by atoms with Gasteiger partial charge in [0.1, 0.15) is 19.1 Å². The Bertz CT molecular complexity index is 1720. The van der Waals surface area contributed by atoms with Gasteiger partial charge in [0.25, 0.3) is 0 Å². The molecule has 5 rings (SSSR count). The Kier molecular flexibility index (Phi) is 10.3. The van der Waals surface area contributed by atoms with Crippen LogP contribution in [0.3, 0.4) is 0 Å². The maximum Gasteiger partial charge on any atom is 0.416 e. The summed E-state index contributed by atoms with van der Waals surface area (Å²) in [5, 5.41) is 24.5. The molecule has 0 amide bonds. The van der Waals surface area contributed by atoms with Gasteiger partial charge in [-0.05, 0) is 54.8 Å². The maximum atomic E-state index is 13.6. The number of fused-ring (bicyclic) bond motifs is 1. The number of anilines is 2. The second-order valence-electron chi connectivity index (χ2n) is 11.1. The topological polar surface area (TPSA) is 153 Å². The smallest absolute Gasteiger partial charge is 0.416 e. The number of carbonyl (C=O) groups excluding carboxylic acids is 2. The van der Waals surface area contributed by atoms with Crippen LogP contribution >= 0.6 is 0 Å². The first kappa shape index (κ1) is 33.9. The zero-order valence-electron chi connectivity index (χ0n) is 25.5. The number of ether oxygens (including phenoxy) is 2. The SMILES string of the molecule is COC(=O)C1=C(C)N(c2cccc(C(F)(F)F)c2)c2n[nH]c(=O)n2[C@@H]1c1ccc(C#N)cc1CCC[N+]1(C)CCOCC1.O=C[O-]. The number of aryl methyl sites for hydroxylation is 1. The zero-order valence-corrected chi connectivity index (χ0v) is 25.5. The van der Waals surface area contributed by atoms with E-state index in [1.54, 1.807) is 25.1 Å². The van der Waals surface area contributed by atoms with Crippen molar-refractivity contribution < 1.29 is 41.8 Å². The van der Waals surface area contributed by atoms with E-state index in [0.717, 1.165) is 48.2 Å². The number of benzene rings is 2. The molecule has 0 radical (unpaired) electrons. The van der Waals surface area contributed by atoms with E-state index in [2.05, 4.69) is 23.3 Å². The second-order valence-corrected chi connectivity index (χ2v) is 11.1. The molecule has 1 atom stereocenters. The van der Waals surface area contributed by atoms with Gasteiger partial charge < -0.3 is 23.9 Å². The molecular formula is C31H33F3N6O6. The van der Waals surface area contributed by atoms with Gasteiger partial charge in [-0.3, -0.25) is 4.90 Å². The minimum absolute atomic E-state index is 0.0150. The molecule has 0 spiro atoms. The minimum atomic E-state index is -4.61. The number of methoxy groups -OCH3 is 1. The fourth-order valence-corrected chi connectivity index (χ4v) is 5.90. The number of carboxylic acid groups (broad SMARTS) is 1. The van der Waals surface area contributed by atoms with Gasteiger partial charge in [0.2, 0.25) is 5.95 Å². The van der Waals surface area contributed by atoms with Crippen LogP contribution in [0.25, 0.3) is 0 Å². The number of carbonyl (C=O) groups is 2. The molecule has 244 valence electrons.